The maximum Gasteiger partial charge on any atom is 0.295 e. The Labute approximate surface area is 166 Å². The normalized spacial score (nSPS) is 18.9. The number of halogens is 2. The molecule has 0 bridgehead atoms. The molecular weight excluding hydrogens is 389 g/mol. The summed E-state index contributed by atoms with van der Waals surface area (Å²) >= 11 is 12.3. The molecule has 1 fully saturated rings. The van der Waals surface area contributed by atoms with Crippen LogP contribution in [0.4, 0.5) is 0 Å². The fourth-order valence-corrected chi connectivity index (χ4v) is 3.61. The number of likely N-dealkylation sites (tertiary alicyclic amines) is 1. The Balaban J connectivity index is 2.20. The molecule has 140 valence electrons. The number of Topliss-reactive ketones (excluding diaryl/α,β-unsaturated/α-hetero) is 1. The average Bonchev–Trinajstić information content (AvgIpc) is 2.91. The van der Waals surface area contributed by atoms with Crippen molar-refractivity contribution in [1.82, 2.24) is 4.90 Å². The van der Waals surface area contributed by atoms with E-state index in [4.69, 9.17) is 27.9 Å². The van der Waals surface area contributed by atoms with Crippen LogP contribution in [0.25, 0.3) is 5.76 Å². The first-order valence-electron chi connectivity index (χ1n) is 8.23. The number of aliphatic hydroxyl groups is 1. The summed E-state index contributed by atoms with van der Waals surface area (Å²) in [5.41, 5.74) is 0.942. The van der Waals surface area contributed by atoms with Gasteiger partial charge < -0.3 is 14.7 Å². The lowest BCUT2D eigenvalue weighted by Crippen LogP contribution is -2.32. The van der Waals surface area contributed by atoms with Gasteiger partial charge in [-0.2, -0.15) is 0 Å². The van der Waals surface area contributed by atoms with E-state index in [0.29, 0.717) is 21.2 Å². The lowest BCUT2D eigenvalue weighted by atomic mass is 9.95. The van der Waals surface area contributed by atoms with Crippen molar-refractivity contribution in [2.45, 2.75) is 6.04 Å². The number of aliphatic hydroxyl groups excluding tert-OH is 1. The van der Waals surface area contributed by atoms with Crippen molar-refractivity contribution in [2.24, 2.45) is 0 Å². The molecule has 0 aliphatic carbocycles. The largest absolute Gasteiger partial charge is 0.507 e. The van der Waals surface area contributed by atoms with Crippen molar-refractivity contribution in [2.75, 3.05) is 20.3 Å². The molecule has 0 saturated carbocycles. The van der Waals surface area contributed by atoms with Gasteiger partial charge in [0.1, 0.15) is 5.76 Å². The number of hydrogen-bond acceptors (Lipinski definition) is 4. The molecule has 2 aromatic carbocycles. The van der Waals surface area contributed by atoms with Crippen LogP contribution < -0.4 is 0 Å². The van der Waals surface area contributed by atoms with Crippen molar-refractivity contribution in [3.8, 4) is 0 Å². The monoisotopic (exact) mass is 405 g/mol. The molecule has 1 aliphatic rings. The predicted molar refractivity (Wildman–Crippen MR) is 104 cm³/mol. The molecule has 3 rings (SSSR count). The molecule has 1 N–H and O–H groups in total. The van der Waals surface area contributed by atoms with Gasteiger partial charge in [-0.1, -0.05) is 59.6 Å². The van der Waals surface area contributed by atoms with Gasteiger partial charge in [0.05, 0.1) is 18.2 Å². The molecule has 5 nitrogen and oxygen atoms in total. The molecule has 7 heteroatoms. The Morgan fingerprint density at radius 2 is 1.85 bits per heavy atom. The number of benzene rings is 2. The fraction of sp³-hybridized carbons (Fsp3) is 0.200. The second-order valence-corrected chi connectivity index (χ2v) is 6.86. The first-order chi connectivity index (χ1) is 13.0. The molecule has 2 aromatic rings. The Hall–Kier alpha value is -2.34. The number of ether oxygens (including phenoxy) is 1. The maximum absolute atomic E-state index is 12.7. The second kappa shape index (κ2) is 8.13. The number of carbonyl (C=O) groups is 2. The SMILES string of the molecule is COCCN1C(=O)C(=O)/C(=C(\O)c2ccccc2)C1c1ccc(Cl)cc1Cl. The van der Waals surface area contributed by atoms with Gasteiger partial charge in [0.2, 0.25) is 0 Å². The van der Waals surface area contributed by atoms with E-state index in [9.17, 15) is 14.7 Å². The number of carbonyl (C=O) groups excluding carboxylic acids is 2. The van der Waals surface area contributed by atoms with Gasteiger partial charge in [-0.25, -0.2) is 0 Å². The number of amides is 1. The summed E-state index contributed by atoms with van der Waals surface area (Å²) in [5.74, 6) is -1.71. The van der Waals surface area contributed by atoms with Crippen LogP contribution in [0.3, 0.4) is 0 Å². The summed E-state index contributed by atoms with van der Waals surface area (Å²) in [6.45, 7) is 0.413. The molecule has 0 aromatic heterocycles. The molecule has 1 saturated heterocycles. The first kappa shape index (κ1) is 19.4. The second-order valence-electron chi connectivity index (χ2n) is 6.02. The molecule has 1 heterocycles. The summed E-state index contributed by atoms with van der Waals surface area (Å²) < 4.78 is 5.06. The van der Waals surface area contributed by atoms with Gasteiger partial charge in [-0.3, -0.25) is 9.59 Å². The van der Waals surface area contributed by atoms with Gasteiger partial charge in [-0.15, -0.1) is 0 Å². The number of rotatable bonds is 5. The third-order valence-corrected chi connectivity index (χ3v) is 4.94. The van der Waals surface area contributed by atoms with E-state index >= 15 is 0 Å². The summed E-state index contributed by atoms with van der Waals surface area (Å²) in [4.78, 5) is 26.7. The highest BCUT2D eigenvalue weighted by molar-refractivity contribution is 6.47. The molecule has 1 atom stereocenters. The Bertz CT molecular complexity index is 911. The van der Waals surface area contributed by atoms with Crippen LogP contribution >= 0.6 is 23.2 Å². The summed E-state index contributed by atoms with van der Waals surface area (Å²) in [6.07, 6.45) is 0. The van der Waals surface area contributed by atoms with Gasteiger partial charge >= 0.3 is 0 Å². The quantitative estimate of drug-likeness (QED) is 0.462. The van der Waals surface area contributed by atoms with Crippen LogP contribution in [-0.4, -0.2) is 42.0 Å². The van der Waals surface area contributed by atoms with Crippen molar-refractivity contribution in [3.63, 3.8) is 0 Å². The molecule has 1 amide bonds. The van der Waals surface area contributed by atoms with E-state index in [-0.39, 0.29) is 24.5 Å². The molecular formula is C20H17Cl2NO4. The number of nitrogens with zero attached hydrogens (tertiary/aromatic N) is 1. The van der Waals surface area contributed by atoms with Crippen LogP contribution in [-0.2, 0) is 14.3 Å². The van der Waals surface area contributed by atoms with Crippen molar-refractivity contribution in [1.29, 1.82) is 0 Å². The fourth-order valence-electron chi connectivity index (χ4n) is 3.10. The zero-order valence-electron chi connectivity index (χ0n) is 14.5. The summed E-state index contributed by atoms with van der Waals surface area (Å²) in [5, 5.41) is 11.5. The zero-order chi connectivity index (χ0) is 19.6. The van der Waals surface area contributed by atoms with Crippen molar-refractivity contribution < 1.29 is 19.4 Å². The summed E-state index contributed by atoms with van der Waals surface area (Å²) in [7, 11) is 1.50. The number of methoxy groups -OCH3 is 1. The lowest BCUT2D eigenvalue weighted by Gasteiger charge is -2.25. The minimum absolute atomic E-state index is 0.00785. The van der Waals surface area contributed by atoms with E-state index in [2.05, 4.69) is 0 Å². The maximum atomic E-state index is 12.7. The minimum atomic E-state index is -0.829. The summed E-state index contributed by atoms with van der Waals surface area (Å²) in [6, 6.07) is 12.6. The Morgan fingerprint density at radius 3 is 2.48 bits per heavy atom. The van der Waals surface area contributed by atoms with Crippen LogP contribution in [0.15, 0.2) is 54.1 Å². The Morgan fingerprint density at radius 1 is 1.15 bits per heavy atom. The van der Waals surface area contributed by atoms with Crippen LogP contribution in [0.5, 0.6) is 0 Å². The van der Waals surface area contributed by atoms with E-state index in [0.717, 1.165) is 0 Å². The zero-order valence-corrected chi connectivity index (χ0v) is 16.0. The van der Waals surface area contributed by atoms with Crippen LogP contribution in [0.2, 0.25) is 10.0 Å². The molecule has 0 spiro atoms. The molecule has 1 unspecified atom stereocenters. The van der Waals surface area contributed by atoms with Crippen molar-refractivity contribution in [3.05, 3.63) is 75.3 Å². The third-order valence-electron chi connectivity index (χ3n) is 4.38. The smallest absolute Gasteiger partial charge is 0.295 e. The third kappa shape index (κ3) is 3.72. The standard InChI is InChI=1S/C20H17Cl2NO4/c1-27-10-9-23-17(14-8-7-13(21)11-15(14)22)16(19(25)20(23)26)18(24)12-5-3-2-4-6-12/h2-8,11,17,24H,9-10H2,1H3/b18-16-. The van der Waals surface area contributed by atoms with Crippen LogP contribution in [0.1, 0.15) is 17.2 Å². The van der Waals surface area contributed by atoms with Crippen molar-refractivity contribution >= 4 is 40.7 Å². The Kier molecular flexibility index (Phi) is 5.85. The predicted octanol–water partition coefficient (Wildman–Crippen LogP) is 4.06. The van der Waals surface area contributed by atoms with Gasteiger partial charge in [-0.05, 0) is 17.7 Å². The highest BCUT2D eigenvalue weighted by atomic mass is 35.5. The lowest BCUT2D eigenvalue weighted by molar-refractivity contribution is -0.140. The highest BCUT2D eigenvalue weighted by Crippen LogP contribution is 2.42. The first-order valence-corrected chi connectivity index (χ1v) is 8.99. The van der Waals surface area contributed by atoms with Crippen LogP contribution in [0, 0.1) is 0 Å². The average molecular weight is 406 g/mol. The van der Waals surface area contributed by atoms with E-state index in [1.165, 1.54) is 18.1 Å². The van der Waals surface area contributed by atoms with E-state index < -0.39 is 17.7 Å². The number of hydrogen-bond donors (Lipinski definition) is 1. The minimum Gasteiger partial charge on any atom is -0.507 e. The molecule has 27 heavy (non-hydrogen) atoms. The molecule has 0 radical (unpaired) electrons. The number of ketones is 1. The van der Waals surface area contributed by atoms with Gasteiger partial charge in [0.25, 0.3) is 11.7 Å². The van der Waals surface area contributed by atoms with Gasteiger partial charge in [0, 0.05) is 29.3 Å². The topological polar surface area (TPSA) is 66.8 Å². The van der Waals surface area contributed by atoms with E-state index in [1.54, 1.807) is 42.5 Å². The molecule has 1 aliphatic heterocycles. The highest BCUT2D eigenvalue weighted by Gasteiger charge is 2.46. The van der Waals surface area contributed by atoms with E-state index in [1.807, 2.05) is 0 Å². The van der Waals surface area contributed by atoms with Gasteiger partial charge in [0.15, 0.2) is 0 Å².